The number of aromatic hydroxyl groups is 1. The van der Waals surface area contributed by atoms with E-state index in [0.29, 0.717) is 11.3 Å². The summed E-state index contributed by atoms with van der Waals surface area (Å²) in [4.78, 5) is 35.4. The van der Waals surface area contributed by atoms with Gasteiger partial charge in [0.25, 0.3) is 5.91 Å². The number of anilines is 1. The molecule has 0 heterocycles. The summed E-state index contributed by atoms with van der Waals surface area (Å²) in [6.07, 6.45) is 0. The minimum Gasteiger partial charge on any atom is -0.507 e. The molecule has 0 spiro atoms. The molecule has 3 aromatic carbocycles. The van der Waals surface area contributed by atoms with E-state index in [1.165, 1.54) is 19.1 Å². The number of ether oxygens (including phenoxy) is 1. The molecule has 6 heteroatoms. The summed E-state index contributed by atoms with van der Waals surface area (Å²) in [5.74, 6) is -1.60. The molecule has 0 unspecified atom stereocenters. The van der Waals surface area contributed by atoms with Crippen LogP contribution in [0.1, 0.15) is 27.6 Å². The first-order valence-corrected chi connectivity index (χ1v) is 8.24. The van der Waals surface area contributed by atoms with E-state index in [1.807, 2.05) is 24.3 Å². The van der Waals surface area contributed by atoms with Crippen LogP contribution in [0.3, 0.4) is 0 Å². The zero-order chi connectivity index (χ0) is 19.4. The minimum absolute atomic E-state index is 0.00712. The summed E-state index contributed by atoms with van der Waals surface area (Å²) in [5.41, 5.74) is 1.01. The van der Waals surface area contributed by atoms with Gasteiger partial charge in [0.1, 0.15) is 11.3 Å². The van der Waals surface area contributed by atoms with Crippen molar-refractivity contribution in [1.29, 1.82) is 0 Å². The highest BCUT2D eigenvalue weighted by atomic mass is 16.5. The first-order chi connectivity index (χ1) is 12.9. The molecule has 0 saturated carbocycles. The molecule has 0 aliphatic heterocycles. The van der Waals surface area contributed by atoms with Crippen LogP contribution in [0.15, 0.2) is 60.7 Å². The van der Waals surface area contributed by atoms with Crippen LogP contribution < -0.4 is 5.32 Å². The van der Waals surface area contributed by atoms with Crippen LogP contribution in [0.5, 0.6) is 5.75 Å². The van der Waals surface area contributed by atoms with Crippen molar-refractivity contribution in [1.82, 2.24) is 0 Å². The fraction of sp³-hybridized carbons (Fsp3) is 0.0952. The second-order valence-electron chi connectivity index (χ2n) is 5.97. The Kier molecular flexibility index (Phi) is 5.17. The number of rotatable bonds is 5. The van der Waals surface area contributed by atoms with Gasteiger partial charge in [-0.15, -0.1) is 0 Å². The average molecular weight is 363 g/mol. The maximum absolute atomic E-state index is 12.2. The quantitative estimate of drug-likeness (QED) is 0.534. The molecule has 0 atom stereocenters. The van der Waals surface area contributed by atoms with Gasteiger partial charge in [-0.1, -0.05) is 24.3 Å². The number of nitrogens with one attached hydrogen (secondary N) is 1. The molecular formula is C21H17NO5. The molecule has 3 rings (SSSR count). The minimum atomic E-state index is -0.791. The number of carbonyl (C=O) groups excluding carboxylic acids is 3. The first-order valence-electron chi connectivity index (χ1n) is 8.24. The van der Waals surface area contributed by atoms with E-state index >= 15 is 0 Å². The van der Waals surface area contributed by atoms with E-state index in [2.05, 4.69) is 5.32 Å². The number of amides is 1. The van der Waals surface area contributed by atoms with Gasteiger partial charge in [0.15, 0.2) is 12.4 Å². The number of phenolic OH excluding ortho intramolecular Hbond substituents is 1. The Hall–Kier alpha value is -3.67. The molecule has 0 saturated heterocycles. The standard InChI is InChI=1S/C21H17NO5/c1-13(23)14-6-8-17(9-7-14)22-20(25)12-27-21(26)18-10-15-4-2-3-5-16(15)11-19(18)24/h2-11,24H,12H2,1H3,(H,22,25). The van der Waals surface area contributed by atoms with Gasteiger partial charge >= 0.3 is 5.97 Å². The summed E-state index contributed by atoms with van der Waals surface area (Å²) in [5, 5.41) is 14.2. The molecule has 1 amide bonds. The third kappa shape index (κ3) is 4.30. The van der Waals surface area contributed by atoms with Crippen molar-refractivity contribution in [3.8, 4) is 5.75 Å². The molecule has 0 aromatic heterocycles. The topological polar surface area (TPSA) is 92.7 Å². The highest BCUT2D eigenvalue weighted by Crippen LogP contribution is 2.25. The Morgan fingerprint density at radius 2 is 1.59 bits per heavy atom. The Morgan fingerprint density at radius 1 is 0.963 bits per heavy atom. The van der Waals surface area contributed by atoms with Crippen molar-refractivity contribution in [2.75, 3.05) is 11.9 Å². The summed E-state index contributed by atoms with van der Waals surface area (Å²) >= 11 is 0. The van der Waals surface area contributed by atoms with E-state index in [1.54, 1.807) is 24.3 Å². The van der Waals surface area contributed by atoms with Gasteiger partial charge < -0.3 is 15.2 Å². The second-order valence-corrected chi connectivity index (χ2v) is 5.97. The number of Topliss-reactive ketones (excluding diaryl/α,β-unsaturated/α-hetero) is 1. The first kappa shape index (κ1) is 18.1. The third-order valence-corrected chi connectivity index (χ3v) is 3.99. The summed E-state index contributed by atoms with van der Waals surface area (Å²) in [6.45, 7) is 0.953. The molecule has 0 radical (unpaired) electrons. The summed E-state index contributed by atoms with van der Waals surface area (Å²) < 4.78 is 4.99. The Morgan fingerprint density at radius 3 is 2.22 bits per heavy atom. The predicted molar refractivity (Wildman–Crippen MR) is 101 cm³/mol. The van der Waals surface area contributed by atoms with Crippen LogP contribution in [-0.2, 0) is 9.53 Å². The van der Waals surface area contributed by atoms with Crippen LogP contribution in [-0.4, -0.2) is 29.4 Å². The second kappa shape index (κ2) is 7.70. The van der Waals surface area contributed by atoms with Crippen LogP contribution in [0, 0.1) is 0 Å². The molecule has 0 bridgehead atoms. The van der Waals surface area contributed by atoms with Gasteiger partial charge in [-0.25, -0.2) is 4.79 Å². The van der Waals surface area contributed by atoms with E-state index in [9.17, 15) is 19.5 Å². The lowest BCUT2D eigenvalue weighted by molar-refractivity contribution is -0.119. The third-order valence-electron chi connectivity index (χ3n) is 3.99. The summed E-state index contributed by atoms with van der Waals surface area (Å²) in [6, 6.07) is 16.6. The number of phenols is 1. The number of esters is 1. The number of benzene rings is 3. The Bertz CT molecular complexity index is 1020. The Labute approximate surface area is 155 Å². The van der Waals surface area contributed by atoms with Crippen LogP contribution in [0.25, 0.3) is 10.8 Å². The lowest BCUT2D eigenvalue weighted by atomic mass is 10.1. The van der Waals surface area contributed by atoms with Crippen molar-refractivity contribution in [3.05, 3.63) is 71.8 Å². The highest BCUT2D eigenvalue weighted by molar-refractivity contribution is 6.00. The molecule has 3 aromatic rings. The van der Waals surface area contributed by atoms with Crippen molar-refractivity contribution in [2.24, 2.45) is 0 Å². The van der Waals surface area contributed by atoms with Gasteiger partial charge in [0, 0.05) is 11.3 Å². The van der Waals surface area contributed by atoms with Crippen molar-refractivity contribution in [3.63, 3.8) is 0 Å². The van der Waals surface area contributed by atoms with E-state index in [-0.39, 0.29) is 17.1 Å². The number of hydrogen-bond donors (Lipinski definition) is 2. The predicted octanol–water partition coefficient (Wildman–Crippen LogP) is 3.54. The maximum Gasteiger partial charge on any atom is 0.342 e. The molecule has 6 nitrogen and oxygen atoms in total. The number of hydrogen-bond acceptors (Lipinski definition) is 5. The molecule has 27 heavy (non-hydrogen) atoms. The van der Waals surface area contributed by atoms with Gasteiger partial charge in [0.2, 0.25) is 0 Å². The summed E-state index contributed by atoms with van der Waals surface area (Å²) in [7, 11) is 0. The Balaban J connectivity index is 1.62. The molecule has 0 fully saturated rings. The van der Waals surface area contributed by atoms with E-state index < -0.39 is 18.5 Å². The number of fused-ring (bicyclic) bond motifs is 1. The van der Waals surface area contributed by atoms with Gasteiger partial charge in [-0.3, -0.25) is 9.59 Å². The molecule has 2 N–H and O–H groups in total. The van der Waals surface area contributed by atoms with Gasteiger partial charge in [0.05, 0.1) is 0 Å². The SMILES string of the molecule is CC(=O)c1ccc(NC(=O)COC(=O)c2cc3ccccc3cc2O)cc1. The largest absolute Gasteiger partial charge is 0.507 e. The zero-order valence-corrected chi connectivity index (χ0v) is 14.6. The van der Waals surface area contributed by atoms with Crippen LogP contribution in [0.2, 0.25) is 0 Å². The number of ketones is 1. The van der Waals surface area contributed by atoms with E-state index in [0.717, 1.165) is 10.8 Å². The van der Waals surface area contributed by atoms with Crippen molar-refractivity contribution < 1.29 is 24.2 Å². The average Bonchev–Trinajstić information content (AvgIpc) is 2.66. The van der Waals surface area contributed by atoms with Crippen LogP contribution >= 0.6 is 0 Å². The van der Waals surface area contributed by atoms with Crippen molar-refractivity contribution in [2.45, 2.75) is 6.92 Å². The maximum atomic E-state index is 12.2. The number of carbonyl (C=O) groups is 3. The molecule has 0 aliphatic rings. The zero-order valence-electron chi connectivity index (χ0n) is 14.6. The van der Waals surface area contributed by atoms with Gasteiger partial charge in [-0.05, 0) is 54.1 Å². The lowest BCUT2D eigenvalue weighted by Crippen LogP contribution is -2.21. The smallest absolute Gasteiger partial charge is 0.342 e. The fourth-order valence-electron chi connectivity index (χ4n) is 2.59. The van der Waals surface area contributed by atoms with Gasteiger partial charge in [-0.2, -0.15) is 0 Å². The monoisotopic (exact) mass is 363 g/mol. The van der Waals surface area contributed by atoms with E-state index in [4.69, 9.17) is 4.74 Å². The normalized spacial score (nSPS) is 10.4. The lowest BCUT2D eigenvalue weighted by Gasteiger charge is -2.09. The van der Waals surface area contributed by atoms with Crippen molar-refractivity contribution >= 4 is 34.1 Å². The highest BCUT2D eigenvalue weighted by Gasteiger charge is 2.15. The molecular weight excluding hydrogens is 346 g/mol. The molecule has 136 valence electrons. The van der Waals surface area contributed by atoms with Crippen LogP contribution in [0.4, 0.5) is 5.69 Å². The molecule has 0 aliphatic carbocycles. The fourth-order valence-corrected chi connectivity index (χ4v) is 2.59.